The fourth-order valence-electron chi connectivity index (χ4n) is 5.03. The van der Waals surface area contributed by atoms with Crippen molar-refractivity contribution in [2.24, 2.45) is 21.8 Å². The van der Waals surface area contributed by atoms with E-state index in [4.69, 9.17) is 14.4 Å². The number of nitrogens with one attached hydrogen (secondary N) is 1. The zero-order valence-corrected chi connectivity index (χ0v) is 15.6. The van der Waals surface area contributed by atoms with Gasteiger partial charge in [-0.3, -0.25) is 10.1 Å². The molecule has 1 aromatic heterocycles. The van der Waals surface area contributed by atoms with E-state index in [1.165, 1.54) is 0 Å². The van der Waals surface area contributed by atoms with Gasteiger partial charge in [0, 0.05) is 12.1 Å². The number of fused-ring (bicyclic) bond motifs is 3. The van der Waals surface area contributed by atoms with Crippen LogP contribution in [-0.2, 0) is 4.79 Å². The standard InChI is InChI=1S/C21H24N4O2/c1-2-13-10-11-21(12-13)18-15(7-5-8-16(18)26)22-19(25-21)24-20-23-14-6-3-4-9-17(14)27-20/h3-4,6,9,13,18H,2,5,7-8,10-12H2,1H3,(H,23,24,25). The first-order valence-electron chi connectivity index (χ1n) is 9.99. The van der Waals surface area contributed by atoms with E-state index < -0.39 is 0 Å². The number of carbonyl (C=O) groups excluding carboxylic acids is 1. The van der Waals surface area contributed by atoms with E-state index in [1.54, 1.807) is 0 Å². The van der Waals surface area contributed by atoms with Crippen LogP contribution in [-0.4, -0.2) is 28.0 Å². The molecule has 6 heteroatoms. The molecule has 5 rings (SSSR count). The van der Waals surface area contributed by atoms with Gasteiger partial charge in [-0.15, -0.1) is 0 Å². The van der Waals surface area contributed by atoms with Crippen molar-refractivity contribution in [2.75, 3.05) is 5.32 Å². The minimum Gasteiger partial charge on any atom is -0.423 e. The van der Waals surface area contributed by atoms with Gasteiger partial charge < -0.3 is 4.42 Å². The Bertz CT molecular complexity index is 927. The minimum absolute atomic E-state index is 0.128. The Morgan fingerprint density at radius 2 is 2.19 bits per heavy atom. The number of carbonyl (C=O) groups is 1. The number of aliphatic imine (C=N–C) groups is 2. The molecule has 0 radical (unpaired) electrons. The Kier molecular flexibility index (Phi) is 3.88. The third-order valence-corrected chi connectivity index (χ3v) is 6.34. The number of oxazole rings is 1. The first-order valence-corrected chi connectivity index (χ1v) is 9.99. The predicted molar refractivity (Wildman–Crippen MR) is 105 cm³/mol. The molecule has 3 unspecified atom stereocenters. The van der Waals surface area contributed by atoms with Gasteiger partial charge in [-0.05, 0) is 50.2 Å². The average Bonchev–Trinajstić information content (AvgIpc) is 3.25. The van der Waals surface area contributed by atoms with Gasteiger partial charge in [0.2, 0.25) is 5.96 Å². The van der Waals surface area contributed by atoms with E-state index in [9.17, 15) is 4.79 Å². The summed E-state index contributed by atoms with van der Waals surface area (Å²) in [5.41, 5.74) is 2.20. The maximum Gasteiger partial charge on any atom is 0.302 e. The van der Waals surface area contributed by atoms with Gasteiger partial charge in [-0.2, -0.15) is 4.98 Å². The van der Waals surface area contributed by atoms with Crippen molar-refractivity contribution in [3.63, 3.8) is 0 Å². The summed E-state index contributed by atoms with van der Waals surface area (Å²) in [5, 5.41) is 3.18. The van der Waals surface area contributed by atoms with Gasteiger partial charge >= 0.3 is 6.01 Å². The zero-order valence-electron chi connectivity index (χ0n) is 15.6. The smallest absolute Gasteiger partial charge is 0.302 e. The van der Waals surface area contributed by atoms with Crippen LogP contribution in [0.15, 0.2) is 38.7 Å². The number of anilines is 1. The molecule has 2 aliphatic carbocycles. The Hall–Kier alpha value is -2.50. The highest BCUT2D eigenvalue weighted by molar-refractivity contribution is 6.15. The van der Waals surface area contributed by atoms with Gasteiger partial charge in [0.1, 0.15) is 11.3 Å². The lowest BCUT2D eigenvalue weighted by atomic mass is 9.70. The van der Waals surface area contributed by atoms with Crippen molar-refractivity contribution < 1.29 is 9.21 Å². The number of ketones is 1. The van der Waals surface area contributed by atoms with E-state index in [0.717, 1.165) is 55.3 Å². The number of hydrogen-bond acceptors (Lipinski definition) is 6. The number of Topliss-reactive ketones (excluding diaryl/α,β-unsaturated/α-hetero) is 1. The summed E-state index contributed by atoms with van der Waals surface area (Å²) in [6.45, 7) is 2.23. The van der Waals surface area contributed by atoms with Crippen LogP contribution >= 0.6 is 0 Å². The summed E-state index contributed by atoms with van der Waals surface area (Å²) in [4.78, 5) is 27.0. The molecule has 2 fully saturated rings. The van der Waals surface area contributed by atoms with Gasteiger partial charge in [-0.1, -0.05) is 25.5 Å². The normalized spacial score (nSPS) is 30.3. The summed E-state index contributed by atoms with van der Waals surface area (Å²) in [6.07, 6.45) is 6.62. The Morgan fingerprint density at radius 3 is 3.00 bits per heavy atom. The van der Waals surface area contributed by atoms with Crippen molar-refractivity contribution in [3.8, 4) is 0 Å². The molecule has 2 heterocycles. The van der Waals surface area contributed by atoms with E-state index in [1.807, 2.05) is 24.3 Å². The molecule has 3 atom stereocenters. The fourth-order valence-corrected chi connectivity index (χ4v) is 5.03. The van der Waals surface area contributed by atoms with E-state index >= 15 is 0 Å². The highest BCUT2D eigenvalue weighted by Gasteiger charge is 2.52. The van der Waals surface area contributed by atoms with Crippen LogP contribution in [0.2, 0.25) is 0 Å². The van der Waals surface area contributed by atoms with E-state index in [2.05, 4.69) is 17.2 Å². The predicted octanol–water partition coefficient (Wildman–Crippen LogP) is 4.37. The minimum atomic E-state index is -0.330. The van der Waals surface area contributed by atoms with Gasteiger partial charge in [-0.25, -0.2) is 9.98 Å². The Balaban J connectivity index is 1.51. The van der Waals surface area contributed by atoms with Crippen LogP contribution < -0.4 is 5.32 Å². The summed E-state index contributed by atoms with van der Waals surface area (Å²) >= 11 is 0. The summed E-state index contributed by atoms with van der Waals surface area (Å²) in [6, 6.07) is 8.07. The largest absolute Gasteiger partial charge is 0.423 e. The lowest BCUT2D eigenvalue weighted by Gasteiger charge is -2.39. The molecule has 0 bridgehead atoms. The van der Waals surface area contributed by atoms with Crippen molar-refractivity contribution in [1.82, 2.24) is 4.98 Å². The van der Waals surface area contributed by atoms with Crippen LogP contribution in [0, 0.1) is 11.8 Å². The van der Waals surface area contributed by atoms with Crippen molar-refractivity contribution in [1.29, 1.82) is 0 Å². The van der Waals surface area contributed by atoms with Crippen LogP contribution in [0.3, 0.4) is 0 Å². The second-order valence-corrected chi connectivity index (χ2v) is 8.02. The first kappa shape index (κ1) is 16.7. The second kappa shape index (κ2) is 6.29. The molecule has 27 heavy (non-hydrogen) atoms. The molecule has 140 valence electrons. The quantitative estimate of drug-likeness (QED) is 0.858. The van der Waals surface area contributed by atoms with Gasteiger partial charge in [0.25, 0.3) is 0 Å². The third-order valence-electron chi connectivity index (χ3n) is 6.34. The highest BCUT2D eigenvalue weighted by Crippen LogP contribution is 2.48. The Labute approximate surface area is 158 Å². The highest BCUT2D eigenvalue weighted by atomic mass is 16.4. The SMILES string of the molecule is CCC1CCC2(C1)N=C(Nc1nc3ccccc3o1)N=C1CCCC(=O)C12. The summed E-state index contributed by atoms with van der Waals surface area (Å²) in [5.74, 6) is 1.37. The zero-order chi connectivity index (χ0) is 18.4. The topological polar surface area (TPSA) is 79.8 Å². The second-order valence-electron chi connectivity index (χ2n) is 8.02. The van der Waals surface area contributed by atoms with Crippen LogP contribution in [0.1, 0.15) is 51.9 Å². The van der Waals surface area contributed by atoms with Crippen molar-refractivity contribution in [2.45, 2.75) is 57.4 Å². The number of guanidine groups is 1. The van der Waals surface area contributed by atoms with Crippen molar-refractivity contribution >= 4 is 34.6 Å². The summed E-state index contributed by atoms with van der Waals surface area (Å²) < 4.78 is 5.78. The van der Waals surface area contributed by atoms with E-state index in [-0.39, 0.29) is 11.5 Å². The molecule has 1 spiro atoms. The number of nitrogens with zero attached hydrogens (tertiary/aromatic N) is 3. The molecule has 1 N–H and O–H groups in total. The van der Waals surface area contributed by atoms with Crippen molar-refractivity contribution in [3.05, 3.63) is 24.3 Å². The molecule has 3 aliphatic rings. The monoisotopic (exact) mass is 364 g/mol. The fraction of sp³-hybridized carbons (Fsp3) is 0.524. The third kappa shape index (κ3) is 2.78. The molecule has 1 aromatic carbocycles. The van der Waals surface area contributed by atoms with Crippen LogP contribution in [0.5, 0.6) is 0 Å². The summed E-state index contributed by atoms with van der Waals surface area (Å²) in [7, 11) is 0. The number of benzene rings is 1. The molecule has 0 amide bonds. The number of hydrogen-bond donors (Lipinski definition) is 1. The number of rotatable bonds is 2. The molecule has 6 nitrogen and oxygen atoms in total. The molecule has 0 saturated heterocycles. The molecular formula is C21H24N4O2. The Morgan fingerprint density at radius 1 is 1.30 bits per heavy atom. The number of para-hydroxylation sites is 2. The maximum atomic E-state index is 12.8. The van der Waals surface area contributed by atoms with Gasteiger partial charge in [0.15, 0.2) is 5.58 Å². The van der Waals surface area contributed by atoms with E-state index in [0.29, 0.717) is 30.1 Å². The molecule has 1 aliphatic heterocycles. The molecule has 2 saturated carbocycles. The molecular weight excluding hydrogens is 340 g/mol. The first-order chi connectivity index (χ1) is 13.2. The lowest BCUT2D eigenvalue weighted by Crippen LogP contribution is -2.49. The maximum absolute atomic E-state index is 12.8. The lowest BCUT2D eigenvalue weighted by molar-refractivity contribution is -0.123. The molecule has 2 aromatic rings. The van der Waals surface area contributed by atoms with Crippen LogP contribution in [0.4, 0.5) is 6.01 Å². The number of aromatic nitrogens is 1. The average molecular weight is 364 g/mol. The van der Waals surface area contributed by atoms with Gasteiger partial charge in [0.05, 0.1) is 11.5 Å². The van der Waals surface area contributed by atoms with Crippen LogP contribution in [0.25, 0.3) is 11.1 Å².